The van der Waals surface area contributed by atoms with Crippen molar-refractivity contribution in [2.75, 3.05) is 7.05 Å². The van der Waals surface area contributed by atoms with Gasteiger partial charge in [0.05, 0.1) is 5.03 Å². The van der Waals surface area contributed by atoms with Crippen molar-refractivity contribution < 1.29 is 0 Å². The van der Waals surface area contributed by atoms with Crippen LogP contribution in [0.2, 0.25) is 0 Å². The van der Waals surface area contributed by atoms with E-state index in [1.165, 1.54) is 0 Å². The molecule has 0 spiro atoms. The van der Waals surface area contributed by atoms with Crippen LogP contribution in [-0.4, -0.2) is 7.05 Å². The third-order valence-electron chi connectivity index (χ3n) is 0.421. The quantitative estimate of drug-likeness (QED) is 0.494. The first-order chi connectivity index (χ1) is 2.81. The monoisotopic (exact) mass is 104 g/mol. The van der Waals surface area contributed by atoms with Crippen molar-refractivity contribution in [3.8, 4) is 0 Å². The molecule has 0 unspecified atom stereocenters. The van der Waals surface area contributed by atoms with E-state index >= 15 is 0 Å². The fourth-order valence-corrected chi connectivity index (χ4v) is 0.177. The van der Waals surface area contributed by atoms with Crippen LogP contribution in [0.3, 0.4) is 0 Å². The summed E-state index contributed by atoms with van der Waals surface area (Å²) in [4.78, 5) is 0. The van der Waals surface area contributed by atoms with Crippen LogP contribution in [0.1, 0.15) is 0 Å². The molecule has 0 aromatic heterocycles. The SMILES string of the molecule is C=C(NC)SN. The van der Waals surface area contributed by atoms with E-state index in [4.69, 9.17) is 5.14 Å². The smallest absolute Gasteiger partial charge is 0.0756 e. The Morgan fingerprint density at radius 3 is 2.50 bits per heavy atom. The maximum Gasteiger partial charge on any atom is 0.0756 e. The Bertz CT molecular complexity index is 46.8. The van der Waals surface area contributed by atoms with E-state index < -0.39 is 0 Å². The molecule has 0 heterocycles. The molecule has 2 nitrogen and oxygen atoms in total. The maximum absolute atomic E-state index is 5.04. The first-order valence-electron chi connectivity index (χ1n) is 1.54. The summed E-state index contributed by atoms with van der Waals surface area (Å²) in [5.74, 6) is 0. The molecule has 0 amide bonds. The Morgan fingerprint density at radius 1 is 2.00 bits per heavy atom. The van der Waals surface area contributed by atoms with Crippen LogP contribution in [-0.2, 0) is 0 Å². The first kappa shape index (κ1) is 5.85. The third kappa shape index (κ3) is 2.11. The van der Waals surface area contributed by atoms with Gasteiger partial charge in [-0.05, 0) is 11.9 Å². The summed E-state index contributed by atoms with van der Waals surface area (Å²) in [6, 6.07) is 0. The second-order valence-corrected chi connectivity index (χ2v) is 1.52. The van der Waals surface area contributed by atoms with Crippen molar-refractivity contribution in [2.45, 2.75) is 0 Å². The molecule has 0 aromatic rings. The minimum absolute atomic E-state index is 0.787. The largest absolute Gasteiger partial charge is 0.382 e. The lowest BCUT2D eigenvalue weighted by Gasteiger charge is -1.93. The molecule has 0 aliphatic rings. The fourth-order valence-electron chi connectivity index (χ4n) is 0.0589. The standard InChI is InChI=1S/C3H8N2S/c1-3(5-2)6-4/h5H,1,4H2,2H3. The van der Waals surface area contributed by atoms with Crippen LogP contribution < -0.4 is 10.5 Å². The van der Waals surface area contributed by atoms with Crippen LogP contribution >= 0.6 is 11.9 Å². The van der Waals surface area contributed by atoms with Crippen LogP contribution in [0.4, 0.5) is 0 Å². The lowest BCUT2D eigenvalue weighted by atomic mass is 11.0. The van der Waals surface area contributed by atoms with Gasteiger partial charge in [-0.1, -0.05) is 6.58 Å². The van der Waals surface area contributed by atoms with Gasteiger partial charge in [0.15, 0.2) is 0 Å². The third-order valence-corrected chi connectivity index (χ3v) is 0.910. The van der Waals surface area contributed by atoms with Gasteiger partial charge < -0.3 is 5.32 Å². The summed E-state index contributed by atoms with van der Waals surface area (Å²) in [5.41, 5.74) is 0. The van der Waals surface area contributed by atoms with Gasteiger partial charge in [0.25, 0.3) is 0 Å². The second kappa shape index (κ2) is 3.06. The lowest BCUT2D eigenvalue weighted by molar-refractivity contribution is 1.09. The van der Waals surface area contributed by atoms with Gasteiger partial charge in [0.2, 0.25) is 0 Å². The minimum Gasteiger partial charge on any atom is -0.382 e. The lowest BCUT2D eigenvalue weighted by Crippen LogP contribution is -2.01. The summed E-state index contributed by atoms with van der Waals surface area (Å²) in [6.45, 7) is 3.52. The van der Waals surface area contributed by atoms with E-state index in [9.17, 15) is 0 Å². The van der Waals surface area contributed by atoms with Crippen LogP contribution in [0.25, 0.3) is 0 Å². The molecule has 0 saturated heterocycles. The summed E-state index contributed by atoms with van der Waals surface area (Å²) >= 11 is 1.12. The van der Waals surface area contributed by atoms with Crippen molar-refractivity contribution in [1.82, 2.24) is 5.32 Å². The number of nitrogens with two attached hydrogens (primary N) is 1. The van der Waals surface area contributed by atoms with Crippen LogP contribution in [0, 0.1) is 0 Å². The van der Waals surface area contributed by atoms with Gasteiger partial charge in [-0.2, -0.15) is 0 Å². The van der Waals surface area contributed by atoms with Crippen LogP contribution in [0.5, 0.6) is 0 Å². The molecule has 0 atom stereocenters. The molecule has 0 fully saturated rings. The summed E-state index contributed by atoms with van der Waals surface area (Å²) in [6.07, 6.45) is 0. The highest BCUT2D eigenvalue weighted by Crippen LogP contribution is 1.94. The van der Waals surface area contributed by atoms with E-state index in [0.29, 0.717) is 0 Å². The van der Waals surface area contributed by atoms with Crippen molar-refractivity contribution in [3.63, 3.8) is 0 Å². The average molecular weight is 104 g/mol. The summed E-state index contributed by atoms with van der Waals surface area (Å²) in [5, 5.41) is 8.58. The molecule has 0 bridgehead atoms. The van der Waals surface area contributed by atoms with E-state index in [0.717, 1.165) is 17.0 Å². The summed E-state index contributed by atoms with van der Waals surface area (Å²) in [7, 11) is 1.78. The molecule has 0 saturated carbocycles. The Morgan fingerprint density at radius 2 is 2.50 bits per heavy atom. The number of hydrogen-bond acceptors (Lipinski definition) is 3. The molecular weight excluding hydrogens is 96.1 g/mol. The highest BCUT2D eigenvalue weighted by atomic mass is 32.2. The van der Waals surface area contributed by atoms with Gasteiger partial charge in [0.1, 0.15) is 0 Å². The molecule has 0 rings (SSSR count). The fraction of sp³-hybridized carbons (Fsp3) is 0.333. The van der Waals surface area contributed by atoms with Gasteiger partial charge in [0, 0.05) is 7.05 Å². The van der Waals surface area contributed by atoms with Crippen molar-refractivity contribution in [2.24, 2.45) is 5.14 Å². The van der Waals surface area contributed by atoms with E-state index in [-0.39, 0.29) is 0 Å². The molecule has 0 aliphatic carbocycles. The van der Waals surface area contributed by atoms with E-state index in [1.807, 2.05) is 0 Å². The Balaban J connectivity index is 2.99. The first-order valence-corrected chi connectivity index (χ1v) is 2.42. The predicted molar refractivity (Wildman–Crippen MR) is 30.0 cm³/mol. The molecule has 0 radical (unpaired) electrons. The van der Waals surface area contributed by atoms with Crippen molar-refractivity contribution in [1.29, 1.82) is 0 Å². The number of hydrogen-bond donors (Lipinski definition) is 2. The van der Waals surface area contributed by atoms with Crippen molar-refractivity contribution in [3.05, 3.63) is 11.6 Å². The highest BCUT2D eigenvalue weighted by Gasteiger charge is 1.76. The Labute approximate surface area is 41.9 Å². The Kier molecular flexibility index (Phi) is 2.98. The molecule has 0 aromatic carbocycles. The predicted octanol–water partition coefficient (Wildman–Crippen LogP) is 0.284. The molecule has 36 valence electrons. The molecular formula is C3H8N2S. The molecule has 6 heavy (non-hydrogen) atoms. The van der Waals surface area contributed by atoms with E-state index in [2.05, 4.69) is 11.9 Å². The average Bonchev–Trinajstić information content (AvgIpc) is 1.65. The second-order valence-electron chi connectivity index (χ2n) is 0.791. The van der Waals surface area contributed by atoms with E-state index in [1.54, 1.807) is 7.05 Å². The van der Waals surface area contributed by atoms with Gasteiger partial charge in [-0.15, -0.1) is 0 Å². The van der Waals surface area contributed by atoms with Crippen LogP contribution in [0.15, 0.2) is 11.6 Å². The van der Waals surface area contributed by atoms with Gasteiger partial charge in [-0.25, -0.2) is 0 Å². The molecule has 3 N–H and O–H groups in total. The Hall–Kier alpha value is -0.150. The van der Waals surface area contributed by atoms with Gasteiger partial charge in [-0.3, -0.25) is 5.14 Å². The number of rotatable bonds is 2. The molecule has 0 aliphatic heterocycles. The topological polar surface area (TPSA) is 38.0 Å². The van der Waals surface area contributed by atoms with Gasteiger partial charge >= 0.3 is 0 Å². The zero-order valence-electron chi connectivity index (χ0n) is 3.69. The molecule has 3 heteroatoms. The zero-order valence-corrected chi connectivity index (χ0v) is 4.51. The normalized spacial score (nSPS) is 7.67. The maximum atomic E-state index is 5.04. The zero-order chi connectivity index (χ0) is 4.99. The van der Waals surface area contributed by atoms with Crippen molar-refractivity contribution >= 4 is 11.9 Å². The highest BCUT2D eigenvalue weighted by molar-refractivity contribution is 8.00. The number of nitrogens with one attached hydrogen (secondary N) is 1. The minimum atomic E-state index is 0.787. The summed E-state index contributed by atoms with van der Waals surface area (Å²) < 4.78 is 0.